The van der Waals surface area contributed by atoms with E-state index in [4.69, 9.17) is 4.98 Å². The largest absolute Gasteiger partial charge is 0.367 e. The van der Waals surface area contributed by atoms with Crippen LogP contribution in [0.1, 0.15) is 18.3 Å². The van der Waals surface area contributed by atoms with E-state index < -0.39 is 7.14 Å². The minimum atomic E-state index is -2.83. The van der Waals surface area contributed by atoms with Gasteiger partial charge in [-0.2, -0.15) is 0 Å². The molecule has 0 unspecified atom stereocenters. The first-order valence-electron chi connectivity index (χ1n) is 9.32. The van der Waals surface area contributed by atoms with E-state index in [0.29, 0.717) is 12.7 Å². The Hall–Kier alpha value is -2.71. The smallest absolute Gasteiger partial charge is 0.148 e. The van der Waals surface area contributed by atoms with Gasteiger partial charge in [-0.1, -0.05) is 66.7 Å². The molecule has 3 rings (SSSR count). The minimum absolute atomic E-state index is 0.394. The fraction of sp³-hybridized carbons (Fsp3) is 0.217. The average molecular weight is 391 g/mol. The van der Waals surface area contributed by atoms with Crippen LogP contribution in [-0.4, -0.2) is 29.8 Å². The summed E-state index contributed by atoms with van der Waals surface area (Å²) in [5, 5.41) is 1.71. The normalized spacial score (nSPS) is 12.0. The summed E-state index contributed by atoms with van der Waals surface area (Å²) in [5.74, 6) is 0.950. The molecule has 4 nitrogen and oxygen atoms in total. The predicted octanol–water partition coefficient (Wildman–Crippen LogP) is 4.08. The van der Waals surface area contributed by atoms with Gasteiger partial charge in [0.15, 0.2) is 0 Å². The van der Waals surface area contributed by atoms with Gasteiger partial charge in [0.25, 0.3) is 0 Å². The molecule has 0 N–H and O–H groups in total. The molecular formula is C23H26N3OP. The number of rotatable bonds is 6. The van der Waals surface area contributed by atoms with E-state index in [-0.39, 0.29) is 0 Å². The van der Waals surface area contributed by atoms with E-state index >= 15 is 0 Å². The summed E-state index contributed by atoms with van der Waals surface area (Å²) in [6, 6.07) is 25.3. The zero-order chi connectivity index (χ0) is 20.0. The van der Waals surface area contributed by atoms with E-state index in [1.807, 2.05) is 105 Å². The third-order valence-electron chi connectivity index (χ3n) is 4.71. The van der Waals surface area contributed by atoms with Crippen molar-refractivity contribution in [2.45, 2.75) is 19.6 Å². The van der Waals surface area contributed by atoms with Crippen LogP contribution in [-0.2, 0) is 17.3 Å². The van der Waals surface area contributed by atoms with Gasteiger partial charge in [0, 0.05) is 30.4 Å². The quantitative estimate of drug-likeness (QED) is 0.361. The Morgan fingerprint density at radius 1 is 0.857 bits per heavy atom. The highest BCUT2D eigenvalue weighted by atomic mass is 31.2. The molecule has 0 radical (unpaired) electrons. The van der Waals surface area contributed by atoms with Gasteiger partial charge in [0.2, 0.25) is 0 Å². The van der Waals surface area contributed by atoms with Crippen molar-refractivity contribution < 1.29 is 4.57 Å². The molecule has 0 aliphatic rings. The molecule has 0 fully saturated rings. The zero-order valence-electron chi connectivity index (χ0n) is 16.6. The highest BCUT2D eigenvalue weighted by Crippen LogP contribution is 2.46. The maximum atomic E-state index is 14.2. The number of hydrogen-bond donors (Lipinski definition) is 0. The third kappa shape index (κ3) is 4.76. The number of hydrogen-bond acceptors (Lipinski definition) is 3. The molecule has 144 valence electrons. The molecular weight excluding hydrogens is 365 g/mol. The van der Waals surface area contributed by atoms with E-state index in [0.717, 1.165) is 27.8 Å². The number of aliphatic imine (C=N–C) groups is 1. The van der Waals surface area contributed by atoms with Crippen LogP contribution in [0.15, 0.2) is 83.9 Å². The monoisotopic (exact) mass is 391 g/mol. The van der Waals surface area contributed by atoms with Crippen molar-refractivity contribution in [2.24, 2.45) is 4.99 Å². The molecule has 0 spiro atoms. The molecule has 2 aromatic carbocycles. The number of amidine groups is 1. The summed E-state index contributed by atoms with van der Waals surface area (Å²) in [7, 11) is 1.12. The van der Waals surface area contributed by atoms with Gasteiger partial charge in [0.1, 0.15) is 7.14 Å². The van der Waals surface area contributed by atoms with Crippen molar-refractivity contribution in [1.82, 2.24) is 9.88 Å². The van der Waals surface area contributed by atoms with Gasteiger partial charge < -0.3 is 9.46 Å². The molecule has 0 atom stereocenters. The lowest BCUT2D eigenvalue weighted by Crippen LogP contribution is -2.19. The van der Waals surface area contributed by atoms with Crippen LogP contribution in [0.2, 0.25) is 0 Å². The molecule has 0 aliphatic heterocycles. The fourth-order valence-electron chi connectivity index (χ4n) is 2.94. The van der Waals surface area contributed by atoms with Crippen LogP contribution in [0.5, 0.6) is 0 Å². The van der Waals surface area contributed by atoms with Crippen LogP contribution in [0.4, 0.5) is 0 Å². The molecule has 5 heteroatoms. The number of pyridine rings is 1. The fourth-order valence-corrected chi connectivity index (χ4v) is 5.54. The van der Waals surface area contributed by atoms with Gasteiger partial charge in [-0.05, 0) is 19.1 Å². The lowest BCUT2D eigenvalue weighted by Gasteiger charge is -2.19. The third-order valence-corrected chi connectivity index (χ3v) is 7.75. The van der Waals surface area contributed by atoms with Gasteiger partial charge in [-0.15, -0.1) is 0 Å². The lowest BCUT2D eigenvalue weighted by atomic mass is 10.3. The zero-order valence-corrected chi connectivity index (χ0v) is 17.5. The van der Waals surface area contributed by atoms with Crippen molar-refractivity contribution in [3.63, 3.8) is 0 Å². The summed E-state index contributed by atoms with van der Waals surface area (Å²) in [5.41, 5.74) is 1.71. The molecule has 3 aromatic rings. The van der Waals surface area contributed by atoms with Gasteiger partial charge in [-0.3, -0.25) is 9.98 Å². The number of aromatic nitrogens is 1. The molecule has 1 heterocycles. The van der Waals surface area contributed by atoms with Crippen molar-refractivity contribution in [3.8, 4) is 0 Å². The summed E-state index contributed by atoms with van der Waals surface area (Å²) in [6.45, 7) is 2.49. The predicted molar refractivity (Wildman–Crippen MR) is 118 cm³/mol. The second kappa shape index (κ2) is 8.99. The number of nitrogens with zero attached hydrogens (tertiary/aromatic N) is 3. The van der Waals surface area contributed by atoms with E-state index in [9.17, 15) is 4.57 Å². The van der Waals surface area contributed by atoms with Crippen molar-refractivity contribution in [2.75, 3.05) is 14.1 Å². The molecule has 0 amide bonds. The Labute approximate surface area is 167 Å². The Balaban J connectivity index is 1.94. The Kier molecular flexibility index (Phi) is 6.43. The first kappa shape index (κ1) is 20.0. The first-order valence-corrected chi connectivity index (χ1v) is 11.2. The molecule has 28 heavy (non-hydrogen) atoms. The van der Waals surface area contributed by atoms with E-state index in [1.165, 1.54) is 0 Å². The van der Waals surface area contributed by atoms with Crippen molar-refractivity contribution in [3.05, 3.63) is 90.3 Å². The first-order chi connectivity index (χ1) is 13.5. The molecule has 0 bridgehead atoms. The van der Waals surface area contributed by atoms with Crippen LogP contribution < -0.4 is 10.6 Å². The molecule has 1 aromatic heterocycles. The Morgan fingerprint density at radius 3 is 1.93 bits per heavy atom. The summed E-state index contributed by atoms with van der Waals surface area (Å²) < 4.78 is 14.2. The second-order valence-electron chi connectivity index (χ2n) is 6.95. The maximum Gasteiger partial charge on any atom is 0.148 e. The van der Waals surface area contributed by atoms with E-state index in [2.05, 4.69) is 4.99 Å². The lowest BCUT2D eigenvalue weighted by molar-refractivity contribution is 0.586. The Morgan fingerprint density at radius 2 is 1.39 bits per heavy atom. The summed E-state index contributed by atoms with van der Waals surface area (Å²) in [4.78, 5) is 11.3. The SMILES string of the molecule is CC(=NCc1cccc(CP(=O)(c2ccccc2)c2ccccc2)n1)N(C)C. The van der Waals surface area contributed by atoms with Crippen LogP contribution in [0.25, 0.3) is 0 Å². The molecule has 0 saturated carbocycles. The average Bonchev–Trinajstić information content (AvgIpc) is 2.73. The topological polar surface area (TPSA) is 45.6 Å². The van der Waals surface area contributed by atoms with Gasteiger partial charge in [0.05, 0.1) is 24.2 Å². The van der Waals surface area contributed by atoms with Crippen LogP contribution in [0.3, 0.4) is 0 Å². The highest BCUT2D eigenvalue weighted by molar-refractivity contribution is 7.78. The van der Waals surface area contributed by atoms with Gasteiger partial charge >= 0.3 is 0 Å². The highest BCUT2D eigenvalue weighted by Gasteiger charge is 2.28. The maximum absolute atomic E-state index is 14.2. The van der Waals surface area contributed by atoms with Gasteiger partial charge in [-0.25, -0.2) is 0 Å². The minimum Gasteiger partial charge on any atom is -0.367 e. The van der Waals surface area contributed by atoms with Crippen LogP contribution >= 0.6 is 7.14 Å². The second-order valence-corrected chi connectivity index (χ2v) is 9.78. The molecule has 0 saturated heterocycles. The van der Waals surface area contributed by atoms with Crippen molar-refractivity contribution >= 4 is 23.6 Å². The van der Waals surface area contributed by atoms with E-state index in [1.54, 1.807) is 0 Å². The summed E-state index contributed by atoms with van der Waals surface area (Å²) >= 11 is 0. The standard InChI is InChI=1S/C23H26N3OP/c1-19(26(2)3)24-17-20-11-10-12-21(25-20)18-28(27,22-13-6-4-7-14-22)23-15-8-5-9-16-23/h4-16H,17-18H2,1-3H3. The van der Waals surface area contributed by atoms with Crippen LogP contribution in [0, 0.1) is 0 Å². The summed E-state index contributed by atoms with van der Waals surface area (Å²) in [6.07, 6.45) is 0.394. The molecule has 0 aliphatic carbocycles. The number of benzene rings is 2. The Bertz CT molecular complexity index is 941. The van der Waals surface area contributed by atoms with Crippen molar-refractivity contribution in [1.29, 1.82) is 0 Å².